The first-order valence-corrected chi connectivity index (χ1v) is 3.40. The Labute approximate surface area is 70.3 Å². The van der Waals surface area contributed by atoms with Crippen LogP contribution >= 0.6 is 0 Å². The molecule has 12 heavy (non-hydrogen) atoms. The lowest BCUT2D eigenvalue weighted by atomic mass is 10.2. The molecule has 0 fully saturated rings. The Balaban J connectivity index is 3.93. The Bertz CT molecular complexity index is 179. The van der Waals surface area contributed by atoms with Crippen molar-refractivity contribution in [2.24, 2.45) is 5.73 Å². The molecular weight excluding hydrogens is 160 g/mol. The number of amides is 1. The van der Waals surface area contributed by atoms with E-state index in [4.69, 9.17) is 5.73 Å². The standard InChI is InChI=1S/C7H10N2O3/c1-5(8)7(12)9-6(4-11)2-3-10/h5-6H,2,8H2,1H3,(H,9,12). The van der Waals surface area contributed by atoms with Gasteiger partial charge in [0.25, 0.3) is 0 Å². The van der Waals surface area contributed by atoms with Gasteiger partial charge in [-0.05, 0) is 6.92 Å². The summed E-state index contributed by atoms with van der Waals surface area (Å²) < 4.78 is 0. The molecule has 0 saturated carbocycles. The van der Waals surface area contributed by atoms with Crippen molar-refractivity contribution in [2.45, 2.75) is 25.4 Å². The third kappa shape index (κ3) is 3.82. The summed E-state index contributed by atoms with van der Waals surface area (Å²) in [5.74, 6) is -0.487. The largest absolute Gasteiger partial charge is 0.344 e. The second-order valence-electron chi connectivity index (χ2n) is 2.32. The molecule has 0 aromatic carbocycles. The van der Waals surface area contributed by atoms with E-state index in [-0.39, 0.29) is 6.42 Å². The molecule has 1 amide bonds. The van der Waals surface area contributed by atoms with Gasteiger partial charge in [0, 0.05) is 6.42 Å². The first-order chi connectivity index (χ1) is 5.61. The van der Waals surface area contributed by atoms with Gasteiger partial charge in [-0.15, -0.1) is 0 Å². The van der Waals surface area contributed by atoms with E-state index in [1.165, 1.54) is 19.5 Å². The number of rotatable bonds is 5. The second kappa shape index (κ2) is 5.42. The fourth-order valence-electron chi connectivity index (χ4n) is 0.509. The maximum absolute atomic E-state index is 10.8. The van der Waals surface area contributed by atoms with E-state index in [0.717, 1.165) is 0 Å². The zero-order valence-corrected chi connectivity index (χ0v) is 6.66. The van der Waals surface area contributed by atoms with Crippen molar-refractivity contribution < 1.29 is 14.4 Å². The number of hydrogen-bond donors (Lipinski definition) is 2. The highest BCUT2D eigenvalue weighted by molar-refractivity contribution is 5.84. The summed E-state index contributed by atoms with van der Waals surface area (Å²) >= 11 is 0. The molecule has 0 bridgehead atoms. The van der Waals surface area contributed by atoms with Gasteiger partial charge in [-0.1, -0.05) is 0 Å². The van der Waals surface area contributed by atoms with E-state index < -0.39 is 18.0 Å². The van der Waals surface area contributed by atoms with Crippen LogP contribution in [0.4, 0.5) is 0 Å². The highest BCUT2D eigenvalue weighted by Gasteiger charge is 2.14. The summed E-state index contributed by atoms with van der Waals surface area (Å²) in [4.78, 5) is 30.8. The van der Waals surface area contributed by atoms with Crippen LogP contribution in [0.5, 0.6) is 0 Å². The molecule has 2 atom stereocenters. The van der Waals surface area contributed by atoms with Gasteiger partial charge in [0.05, 0.1) is 6.04 Å². The van der Waals surface area contributed by atoms with Crippen LogP contribution < -0.4 is 11.1 Å². The van der Waals surface area contributed by atoms with Gasteiger partial charge in [-0.3, -0.25) is 14.4 Å². The fraction of sp³-hybridized carbons (Fsp3) is 0.571. The van der Waals surface area contributed by atoms with Crippen molar-refractivity contribution in [3.8, 4) is 0 Å². The maximum atomic E-state index is 10.8. The molecule has 0 aromatic heterocycles. The van der Waals surface area contributed by atoms with Crippen LogP contribution in [0.2, 0.25) is 0 Å². The third-order valence-corrected chi connectivity index (χ3v) is 1.16. The molecule has 0 spiro atoms. The highest BCUT2D eigenvalue weighted by atomic mass is 16.2. The summed E-state index contributed by atoms with van der Waals surface area (Å²) in [6.07, 6.45) is 2.79. The van der Waals surface area contributed by atoms with Gasteiger partial charge in [0.1, 0.15) is 6.04 Å². The lowest BCUT2D eigenvalue weighted by Gasteiger charge is -2.10. The minimum atomic E-state index is -0.930. The lowest BCUT2D eigenvalue weighted by Crippen LogP contribution is -2.44. The molecule has 0 heterocycles. The van der Waals surface area contributed by atoms with E-state index >= 15 is 0 Å². The second-order valence-corrected chi connectivity index (χ2v) is 2.32. The first kappa shape index (κ1) is 10.8. The van der Waals surface area contributed by atoms with E-state index in [0.29, 0.717) is 0 Å². The Morgan fingerprint density at radius 1 is 1.58 bits per heavy atom. The molecule has 0 aliphatic heterocycles. The molecule has 0 saturated heterocycles. The molecule has 5 heteroatoms. The van der Waals surface area contributed by atoms with Gasteiger partial charge >= 0.3 is 0 Å². The smallest absolute Gasteiger partial charge is 0.237 e. The minimum Gasteiger partial charge on any atom is -0.344 e. The van der Waals surface area contributed by atoms with Crippen LogP contribution in [-0.4, -0.2) is 30.6 Å². The van der Waals surface area contributed by atoms with Gasteiger partial charge in [-0.25, -0.2) is 0 Å². The van der Waals surface area contributed by atoms with E-state index in [9.17, 15) is 14.4 Å². The molecular formula is C7H10N2O3. The topological polar surface area (TPSA) is 89.3 Å². The number of nitrogens with two attached hydrogens (primary N) is 1. The Kier molecular flexibility index (Phi) is 4.87. The van der Waals surface area contributed by atoms with Crippen LogP contribution in [0, 0.1) is 0 Å². The average Bonchev–Trinajstić information content (AvgIpc) is 2.03. The molecule has 2 radical (unpaired) electrons. The molecule has 66 valence electrons. The van der Waals surface area contributed by atoms with Crippen LogP contribution in [0.15, 0.2) is 0 Å². The van der Waals surface area contributed by atoms with Crippen molar-refractivity contribution in [3.05, 3.63) is 0 Å². The zero-order chi connectivity index (χ0) is 9.56. The van der Waals surface area contributed by atoms with Crippen molar-refractivity contribution in [3.63, 3.8) is 0 Å². The van der Waals surface area contributed by atoms with Crippen molar-refractivity contribution >= 4 is 18.5 Å². The predicted molar refractivity (Wildman–Crippen MR) is 41.6 cm³/mol. The predicted octanol–water partition coefficient (Wildman–Crippen LogP) is -1.57. The summed E-state index contributed by atoms with van der Waals surface area (Å²) in [5, 5.41) is 2.22. The number of carbonyl (C=O) groups is 1. The molecule has 2 unspecified atom stereocenters. The number of carbonyl (C=O) groups excluding carboxylic acids is 3. The normalized spacial score (nSPS) is 14.5. The van der Waals surface area contributed by atoms with Gasteiger partial charge < -0.3 is 11.1 Å². The molecule has 0 aromatic rings. The monoisotopic (exact) mass is 170 g/mol. The van der Waals surface area contributed by atoms with Crippen molar-refractivity contribution in [1.82, 2.24) is 5.32 Å². The van der Waals surface area contributed by atoms with E-state index in [1.54, 1.807) is 0 Å². The number of nitrogens with one attached hydrogen (secondary N) is 1. The van der Waals surface area contributed by atoms with Crippen LogP contribution in [0.1, 0.15) is 13.3 Å². The average molecular weight is 170 g/mol. The zero-order valence-electron chi connectivity index (χ0n) is 6.66. The van der Waals surface area contributed by atoms with Crippen LogP contribution in [-0.2, 0) is 14.4 Å². The Hall–Kier alpha value is -1.23. The Morgan fingerprint density at radius 3 is 2.50 bits per heavy atom. The summed E-state index contributed by atoms with van der Waals surface area (Å²) in [6.45, 7) is 1.47. The van der Waals surface area contributed by atoms with Crippen LogP contribution in [0.25, 0.3) is 0 Å². The SMILES string of the molecule is CC(N)C(=O)NC([C]=O)C[C]=O. The summed E-state index contributed by atoms with van der Waals surface area (Å²) in [7, 11) is 0. The maximum Gasteiger partial charge on any atom is 0.237 e. The fourth-order valence-corrected chi connectivity index (χ4v) is 0.509. The third-order valence-electron chi connectivity index (χ3n) is 1.16. The van der Waals surface area contributed by atoms with Crippen LogP contribution in [0.3, 0.4) is 0 Å². The van der Waals surface area contributed by atoms with Gasteiger partial charge in [-0.2, -0.15) is 0 Å². The van der Waals surface area contributed by atoms with Crippen molar-refractivity contribution in [1.29, 1.82) is 0 Å². The Morgan fingerprint density at radius 2 is 2.17 bits per heavy atom. The lowest BCUT2D eigenvalue weighted by molar-refractivity contribution is -0.122. The van der Waals surface area contributed by atoms with Gasteiger partial charge in [0.15, 0.2) is 0 Å². The summed E-state index contributed by atoms with van der Waals surface area (Å²) in [5.41, 5.74) is 5.19. The molecule has 0 aliphatic rings. The highest BCUT2D eigenvalue weighted by Crippen LogP contribution is 1.85. The molecule has 3 N–H and O–H groups in total. The van der Waals surface area contributed by atoms with Gasteiger partial charge in [0.2, 0.25) is 18.5 Å². The van der Waals surface area contributed by atoms with E-state index in [2.05, 4.69) is 5.32 Å². The van der Waals surface area contributed by atoms with Crippen molar-refractivity contribution in [2.75, 3.05) is 0 Å². The first-order valence-electron chi connectivity index (χ1n) is 3.40. The van der Waals surface area contributed by atoms with E-state index in [1.807, 2.05) is 0 Å². The molecule has 0 rings (SSSR count). The molecule has 0 aliphatic carbocycles. The minimum absolute atomic E-state index is 0.192. The quantitative estimate of drug-likeness (QED) is 0.521. The number of hydrogen-bond acceptors (Lipinski definition) is 4. The molecule has 5 nitrogen and oxygen atoms in total. The summed E-state index contributed by atoms with van der Waals surface area (Å²) in [6, 6.07) is -1.63.